The molecule has 8 aromatic heterocycles. The Hall–Kier alpha value is -17.7. The lowest BCUT2D eigenvalue weighted by Gasteiger charge is -2.16. The lowest BCUT2D eigenvalue weighted by atomic mass is 10.00. The first-order chi connectivity index (χ1) is 66.4. The van der Waals surface area contributed by atoms with E-state index in [1.807, 2.05) is 29.5 Å². The summed E-state index contributed by atoms with van der Waals surface area (Å²) in [4.78, 5) is 21.6. The third-order valence-corrected chi connectivity index (χ3v) is 29.3. The number of furan rings is 1. The van der Waals surface area contributed by atoms with E-state index in [2.05, 4.69) is 437 Å². The van der Waals surface area contributed by atoms with Crippen LogP contribution in [0.25, 0.3) is 284 Å². The minimum absolute atomic E-state index is 0.666. The number of fused-ring (bicyclic) bond motifs is 26. The zero-order valence-corrected chi connectivity index (χ0v) is 72.8. The number of aromatic nitrogens is 8. The Bertz CT molecular complexity index is 9770. The van der Waals surface area contributed by atoms with Crippen LogP contribution in [0.2, 0.25) is 0 Å². The second kappa shape index (κ2) is 28.9. The van der Waals surface area contributed by atoms with Crippen molar-refractivity contribution < 1.29 is 4.42 Å². The van der Waals surface area contributed by atoms with Crippen LogP contribution in [0, 0.1) is 0 Å². The van der Waals surface area contributed by atoms with E-state index >= 15 is 0 Å². The van der Waals surface area contributed by atoms with Crippen LogP contribution in [-0.4, -0.2) is 38.2 Å². The topological polar surface area (TPSA) is 84.4 Å². The third kappa shape index (κ3) is 11.2. The molecule has 30 aromatic rings. The molecule has 30 rings (SSSR count). The fourth-order valence-electron chi connectivity index (χ4n) is 22.1. The molecule has 0 aliphatic rings. The maximum Gasteiger partial charge on any atom is 0.161 e. The molecule has 0 radical (unpaired) electrons. The predicted octanol–water partition coefficient (Wildman–Crippen LogP) is 33.5. The molecule has 8 heterocycles. The highest BCUT2D eigenvalue weighted by Gasteiger charge is 2.27. The van der Waals surface area contributed by atoms with Crippen LogP contribution in [0.4, 0.5) is 0 Å². The largest absolute Gasteiger partial charge is 0.455 e. The molecule has 0 aliphatic carbocycles. The lowest BCUT2D eigenvalue weighted by Crippen LogP contribution is -2.00. The van der Waals surface area contributed by atoms with E-state index < -0.39 is 0 Å². The van der Waals surface area contributed by atoms with Crippen molar-refractivity contribution in [2.45, 2.75) is 0 Å². The highest BCUT2D eigenvalue weighted by Crippen LogP contribution is 2.49. The maximum atomic E-state index is 6.58. The van der Waals surface area contributed by atoms with Gasteiger partial charge in [-0.15, -0.1) is 11.3 Å². The van der Waals surface area contributed by atoms with Crippen LogP contribution >= 0.6 is 11.3 Å². The smallest absolute Gasteiger partial charge is 0.161 e. The highest BCUT2D eigenvalue weighted by molar-refractivity contribution is 7.26. The zero-order chi connectivity index (χ0) is 87.5. The van der Waals surface area contributed by atoms with Crippen LogP contribution in [0.5, 0.6) is 0 Å². The van der Waals surface area contributed by atoms with Gasteiger partial charge in [0.2, 0.25) is 0 Å². The number of hydrogen-bond donors (Lipinski definition) is 0. The van der Waals surface area contributed by atoms with Crippen molar-refractivity contribution >= 4 is 227 Å². The summed E-state index contributed by atoms with van der Waals surface area (Å²) in [5, 5.41) is 30.7. The number of nitrogens with zero attached hydrogens (tertiary/aromatic N) is 8. The molecular weight excluding hydrogens is 1650 g/mol. The molecule has 0 saturated heterocycles. The van der Waals surface area contributed by atoms with Gasteiger partial charge in [-0.05, 0) is 193 Å². The van der Waals surface area contributed by atoms with E-state index in [1.54, 1.807) is 0 Å². The van der Waals surface area contributed by atoms with Gasteiger partial charge in [-0.3, -0.25) is 0 Å². The molecule has 0 unspecified atom stereocenters. The third-order valence-electron chi connectivity index (χ3n) is 28.1. The van der Waals surface area contributed by atoms with Gasteiger partial charge in [-0.2, -0.15) is 0 Å². The number of hydrogen-bond acceptors (Lipinski definition) is 6. The summed E-state index contributed by atoms with van der Waals surface area (Å²) in [6.45, 7) is 0. The number of thiophene rings is 1. The highest BCUT2D eigenvalue weighted by atomic mass is 32.1. The normalized spacial score (nSPS) is 12.2. The molecule has 22 aromatic carbocycles. The van der Waals surface area contributed by atoms with Gasteiger partial charge < -0.3 is 22.7 Å². The van der Waals surface area contributed by atoms with Gasteiger partial charge in [0.15, 0.2) is 11.6 Å². The summed E-state index contributed by atoms with van der Waals surface area (Å²) < 4.78 is 19.0. The minimum atomic E-state index is 0.666. The summed E-state index contributed by atoms with van der Waals surface area (Å²) in [5.74, 6) is 1.38. The monoisotopic (exact) mass is 1720 g/mol. The molecule has 0 fully saturated rings. The van der Waals surface area contributed by atoms with Gasteiger partial charge >= 0.3 is 0 Å². The van der Waals surface area contributed by atoms with Crippen LogP contribution < -0.4 is 0 Å². The zero-order valence-electron chi connectivity index (χ0n) is 72.0. The average molecular weight is 1720 g/mol. The fourth-order valence-corrected chi connectivity index (χ4v) is 23.3. The van der Waals surface area contributed by atoms with Gasteiger partial charge in [0.25, 0.3) is 0 Å². The molecule has 10 heteroatoms. The van der Waals surface area contributed by atoms with Crippen molar-refractivity contribution in [3.8, 4) is 68.0 Å². The summed E-state index contributed by atoms with van der Waals surface area (Å²) in [6, 6.07) is 158. The molecule has 0 spiro atoms. The van der Waals surface area contributed by atoms with E-state index in [0.717, 1.165) is 144 Å². The van der Waals surface area contributed by atoms with Crippen molar-refractivity contribution in [1.82, 2.24) is 38.2 Å². The minimum Gasteiger partial charge on any atom is -0.455 e. The quantitative estimate of drug-likeness (QED) is 0.151. The van der Waals surface area contributed by atoms with Gasteiger partial charge in [-0.25, -0.2) is 19.9 Å². The van der Waals surface area contributed by atoms with Crippen LogP contribution in [0.1, 0.15) is 0 Å². The summed E-state index contributed by atoms with van der Waals surface area (Å²) >= 11 is 1.84. The van der Waals surface area contributed by atoms with E-state index in [9.17, 15) is 0 Å². The average Bonchev–Trinajstić information content (AvgIpc) is 1.55. The number of para-hydroxylation sites is 6. The van der Waals surface area contributed by atoms with Gasteiger partial charge in [0, 0.05) is 129 Å². The molecule has 0 atom stereocenters. The molecule has 0 aliphatic heterocycles. The van der Waals surface area contributed by atoms with E-state index in [4.69, 9.17) is 24.4 Å². The second-order valence-corrected chi connectivity index (χ2v) is 36.4. The molecule has 0 saturated carbocycles. The standard InChI is InChI=1S/C62H36N4O.C62H36N4S/c2*1-3-16-39-34-56-51(32-37(39)14-1)44-20-8-11-26-54(44)65(56)41-28-29-45-52-33-38-15-2-4-17-40(38)35-57(52)66(58(45)36-41)55-31-30-48(42-18-5-6-19-43(42)55)62-63-53-25-10-7-22-49(53)60(64-62)50-24-13-23-47-46-21-9-12-27-59(46)67-61(47)50/h2*1-36H. The van der Waals surface area contributed by atoms with Crippen LogP contribution in [0.15, 0.2) is 441 Å². The van der Waals surface area contributed by atoms with Crippen LogP contribution in [0.3, 0.4) is 0 Å². The Morgan fingerprint density at radius 1 is 0.194 bits per heavy atom. The number of benzene rings is 22. The molecule has 9 nitrogen and oxygen atoms in total. The summed E-state index contributed by atoms with van der Waals surface area (Å²) in [7, 11) is 0. The number of rotatable bonds is 8. The van der Waals surface area contributed by atoms with Crippen molar-refractivity contribution in [1.29, 1.82) is 0 Å². The van der Waals surface area contributed by atoms with Gasteiger partial charge in [-0.1, -0.05) is 297 Å². The Balaban J connectivity index is 0.000000131. The van der Waals surface area contributed by atoms with E-state index in [0.29, 0.717) is 11.6 Å². The Morgan fingerprint density at radius 3 is 1.01 bits per heavy atom. The first-order valence-electron chi connectivity index (χ1n) is 45.6. The van der Waals surface area contributed by atoms with Crippen molar-refractivity contribution in [2.24, 2.45) is 0 Å². The predicted molar refractivity (Wildman–Crippen MR) is 563 cm³/mol. The van der Waals surface area contributed by atoms with Crippen LogP contribution in [-0.2, 0) is 0 Å². The Labute approximate surface area is 769 Å². The summed E-state index contributed by atoms with van der Waals surface area (Å²) in [5.41, 5.74) is 23.1. The SMILES string of the molecule is c1ccc2cc3c(cc2c1)c1ccccc1n3-c1ccc2c3cc4ccccc4cc3n(-c3ccc(-c4nc(-c5cccc6c5oc5ccccc56)c5ccccc5n4)c4ccccc34)c2c1.c1ccc2cc3c(cc2c1)c1ccccc1n3-c1ccc2c3cc4ccccc4cc3n(-c3ccc(-c4nc(-c5cccc6c5sc5ccccc56)c5ccccc5n4)c4ccccc34)c2c1. The molecule has 620 valence electrons. The van der Waals surface area contributed by atoms with E-state index in [1.165, 1.54) is 128 Å². The summed E-state index contributed by atoms with van der Waals surface area (Å²) in [6.07, 6.45) is 0. The van der Waals surface area contributed by atoms with Crippen molar-refractivity contribution in [2.75, 3.05) is 0 Å². The molecule has 134 heavy (non-hydrogen) atoms. The molecular formula is C124H72N8OS. The Kier molecular flexibility index (Phi) is 16.0. The molecule has 0 bridgehead atoms. The van der Waals surface area contributed by atoms with Crippen molar-refractivity contribution in [3.63, 3.8) is 0 Å². The Morgan fingerprint density at radius 2 is 0.537 bits per heavy atom. The second-order valence-electron chi connectivity index (χ2n) is 35.4. The van der Waals surface area contributed by atoms with Crippen molar-refractivity contribution in [3.05, 3.63) is 437 Å². The van der Waals surface area contributed by atoms with Gasteiger partial charge in [0.1, 0.15) is 11.2 Å². The fraction of sp³-hybridized carbons (Fsp3) is 0. The maximum absolute atomic E-state index is 6.58. The van der Waals surface area contributed by atoms with Gasteiger partial charge in [0.05, 0.1) is 77.9 Å². The molecule has 0 amide bonds. The molecule has 0 N–H and O–H groups in total. The van der Waals surface area contributed by atoms with E-state index in [-0.39, 0.29) is 0 Å². The first-order valence-corrected chi connectivity index (χ1v) is 46.4. The first kappa shape index (κ1) is 74.3. The lowest BCUT2D eigenvalue weighted by molar-refractivity contribution is 0.670.